The van der Waals surface area contributed by atoms with Gasteiger partial charge in [-0.1, -0.05) is 0 Å². The number of aromatic nitrogens is 1. The summed E-state index contributed by atoms with van der Waals surface area (Å²) in [4.78, 5) is 29.4. The van der Waals surface area contributed by atoms with Crippen LogP contribution in [0.25, 0.3) is 0 Å². The van der Waals surface area contributed by atoms with Crippen LogP contribution in [0.5, 0.6) is 0 Å². The number of piperidine rings is 1. The minimum absolute atomic E-state index is 0.00551. The first-order valence-electron chi connectivity index (χ1n) is 6.39. The predicted octanol–water partition coefficient (Wildman–Crippen LogP) is 2.06. The lowest BCUT2D eigenvalue weighted by Crippen LogP contribution is -2.44. The second-order valence-electron chi connectivity index (χ2n) is 4.80. The van der Waals surface area contributed by atoms with Crippen molar-refractivity contribution >= 4 is 11.7 Å². The highest BCUT2D eigenvalue weighted by atomic mass is 16.2. The molecule has 1 amide bonds. The molecule has 18 heavy (non-hydrogen) atoms. The Kier molecular flexibility index (Phi) is 4.07. The van der Waals surface area contributed by atoms with Crippen LogP contribution in [-0.2, 0) is 4.79 Å². The number of Topliss-reactive ketones (excluding diaryl/α,β-unsaturated/α-hetero) is 1. The van der Waals surface area contributed by atoms with Crippen molar-refractivity contribution < 1.29 is 9.59 Å². The summed E-state index contributed by atoms with van der Waals surface area (Å²) < 4.78 is 0. The van der Waals surface area contributed by atoms with Gasteiger partial charge in [0.05, 0.1) is 5.56 Å². The molecular formula is C14H18N2O2. The molecule has 1 aromatic heterocycles. The fraction of sp³-hybridized carbons (Fsp3) is 0.500. The predicted molar refractivity (Wildman–Crippen MR) is 68.2 cm³/mol. The summed E-state index contributed by atoms with van der Waals surface area (Å²) in [5.41, 5.74) is 0.605. The summed E-state index contributed by atoms with van der Waals surface area (Å²) in [5, 5.41) is 0. The van der Waals surface area contributed by atoms with Crippen molar-refractivity contribution in [2.75, 3.05) is 6.54 Å². The average molecular weight is 246 g/mol. The summed E-state index contributed by atoms with van der Waals surface area (Å²) in [6.45, 7) is 2.33. The van der Waals surface area contributed by atoms with E-state index in [2.05, 4.69) is 4.98 Å². The van der Waals surface area contributed by atoms with Crippen molar-refractivity contribution in [2.45, 2.75) is 38.6 Å². The third kappa shape index (κ3) is 2.94. The summed E-state index contributed by atoms with van der Waals surface area (Å²) in [5.74, 6) is 0.139. The number of likely N-dealkylation sites (tertiary alicyclic amines) is 1. The molecule has 0 radical (unpaired) electrons. The van der Waals surface area contributed by atoms with Crippen molar-refractivity contribution in [2.24, 2.45) is 0 Å². The second kappa shape index (κ2) is 5.76. The monoisotopic (exact) mass is 246 g/mol. The summed E-state index contributed by atoms with van der Waals surface area (Å²) in [6, 6.07) is 3.59. The number of rotatable bonds is 3. The van der Waals surface area contributed by atoms with Crippen molar-refractivity contribution in [1.82, 2.24) is 9.88 Å². The van der Waals surface area contributed by atoms with E-state index in [0.717, 1.165) is 25.8 Å². The van der Waals surface area contributed by atoms with Crippen molar-refractivity contribution in [3.8, 4) is 0 Å². The van der Waals surface area contributed by atoms with Gasteiger partial charge in [0, 0.05) is 31.4 Å². The van der Waals surface area contributed by atoms with E-state index in [1.54, 1.807) is 31.5 Å². The molecule has 4 nitrogen and oxygen atoms in total. The minimum Gasteiger partial charge on any atom is -0.335 e. The number of carbonyl (C=O) groups is 2. The van der Waals surface area contributed by atoms with Crippen molar-refractivity contribution in [1.29, 1.82) is 0 Å². The number of amides is 1. The Labute approximate surface area is 107 Å². The molecule has 1 aliphatic rings. The maximum Gasteiger partial charge on any atom is 0.255 e. The van der Waals surface area contributed by atoms with Gasteiger partial charge < -0.3 is 4.90 Å². The molecule has 1 unspecified atom stereocenters. The number of hydrogen-bond donors (Lipinski definition) is 0. The van der Waals surface area contributed by atoms with E-state index < -0.39 is 0 Å². The smallest absolute Gasteiger partial charge is 0.255 e. The summed E-state index contributed by atoms with van der Waals surface area (Å²) in [7, 11) is 0. The molecule has 0 aromatic carbocycles. The first-order valence-corrected chi connectivity index (χ1v) is 6.39. The molecule has 0 bridgehead atoms. The zero-order valence-corrected chi connectivity index (χ0v) is 10.6. The van der Waals surface area contributed by atoms with Crippen LogP contribution in [0.15, 0.2) is 24.5 Å². The zero-order valence-electron chi connectivity index (χ0n) is 10.6. The number of ketones is 1. The van der Waals surface area contributed by atoms with Gasteiger partial charge >= 0.3 is 0 Å². The number of pyridine rings is 1. The molecule has 1 atom stereocenters. The Hall–Kier alpha value is -1.71. The first-order chi connectivity index (χ1) is 8.68. The van der Waals surface area contributed by atoms with Gasteiger partial charge in [0.15, 0.2) is 0 Å². The van der Waals surface area contributed by atoms with Gasteiger partial charge in [0.1, 0.15) is 5.78 Å². The van der Waals surface area contributed by atoms with Gasteiger partial charge in [-0.2, -0.15) is 0 Å². The Morgan fingerprint density at radius 2 is 2.28 bits per heavy atom. The van der Waals surface area contributed by atoms with E-state index in [1.807, 2.05) is 4.90 Å². The van der Waals surface area contributed by atoms with Crippen LogP contribution < -0.4 is 0 Å². The fourth-order valence-corrected chi connectivity index (χ4v) is 2.47. The highest BCUT2D eigenvalue weighted by Gasteiger charge is 2.28. The SMILES string of the molecule is CC(=O)CC1CCCCN1C(=O)c1cccnc1. The maximum atomic E-state index is 12.4. The molecule has 1 saturated heterocycles. The molecule has 0 saturated carbocycles. The van der Waals surface area contributed by atoms with Crippen LogP contribution in [0.2, 0.25) is 0 Å². The van der Waals surface area contributed by atoms with Crippen LogP contribution in [-0.4, -0.2) is 34.2 Å². The third-order valence-electron chi connectivity index (χ3n) is 3.32. The van der Waals surface area contributed by atoms with E-state index in [1.165, 1.54) is 0 Å². The van der Waals surface area contributed by atoms with E-state index in [0.29, 0.717) is 12.0 Å². The van der Waals surface area contributed by atoms with Crippen LogP contribution in [0.1, 0.15) is 43.0 Å². The van der Waals surface area contributed by atoms with E-state index in [-0.39, 0.29) is 17.7 Å². The molecule has 0 N–H and O–H groups in total. The van der Waals surface area contributed by atoms with E-state index in [4.69, 9.17) is 0 Å². The van der Waals surface area contributed by atoms with Gasteiger partial charge in [-0.05, 0) is 38.3 Å². The molecule has 0 aliphatic carbocycles. The largest absolute Gasteiger partial charge is 0.335 e. The Morgan fingerprint density at radius 1 is 1.44 bits per heavy atom. The highest BCUT2D eigenvalue weighted by molar-refractivity contribution is 5.94. The zero-order chi connectivity index (χ0) is 13.0. The summed E-state index contributed by atoms with van der Waals surface area (Å²) >= 11 is 0. The van der Waals surface area contributed by atoms with Crippen LogP contribution >= 0.6 is 0 Å². The third-order valence-corrected chi connectivity index (χ3v) is 3.32. The fourth-order valence-electron chi connectivity index (χ4n) is 2.47. The molecule has 2 rings (SSSR count). The second-order valence-corrected chi connectivity index (χ2v) is 4.80. The topological polar surface area (TPSA) is 50.3 Å². The molecule has 1 aromatic rings. The lowest BCUT2D eigenvalue weighted by atomic mass is 9.97. The van der Waals surface area contributed by atoms with Crippen LogP contribution in [0.4, 0.5) is 0 Å². The lowest BCUT2D eigenvalue weighted by Gasteiger charge is -2.35. The Bertz CT molecular complexity index is 431. The van der Waals surface area contributed by atoms with Crippen LogP contribution in [0, 0.1) is 0 Å². The van der Waals surface area contributed by atoms with Crippen molar-refractivity contribution in [3.63, 3.8) is 0 Å². The number of carbonyl (C=O) groups excluding carboxylic acids is 2. The molecular weight excluding hydrogens is 228 g/mol. The molecule has 1 aliphatic heterocycles. The Morgan fingerprint density at radius 3 is 2.94 bits per heavy atom. The molecule has 1 fully saturated rings. The molecule has 2 heterocycles. The van der Waals surface area contributed by atoms with Crippen LogP contribution in [0.3, 0.4) is 0 Å². The number of hydrogen-bond acceptors (Lipinski definition) is 3. The van der Waals surface area contributed by atoms with Gasteiger partial charge in [0.25, 0.3) is 5.91 Å². The van der Waals surface area contributed by atoms with E-state index in [9.17, 15) is 9.59 Å². The lowest BCUT2D eigenvalue weighted by molar-refractivity contribution is -0.118. The van der Waals surface area contributed by atoms with E-state index >= 15 is 0 Å². The maximum absolute atomic E-state index is 12.4. The standard InChI is InChI=1S/C14H18N2O2/c1-11(17)9-13-6-2-3-8-16(13)14(18)12-5-4-7-15-10-12/h4-5,7,10,13H,2-3,6,8-9H2,1H3. The first kappa shape index (κ1) is 12.7. The highest BCUT2D eigenvalue weighted by Crippen LogP contribution is 2.22. The van der Waals surface area contributed by atoms with Gasteiger partial charge in [-0.3, -0.25) is 14.6 Å². The van der Waals surface area contributed by atoms with Gasteiger partial charge in [0.2, 0.25) is 0 Å². The number of nitrogens with zero attached hydrogens (tertiary/aromatic N) is 2. The van der Waals surface area contributed by atoms with Crippen molar-refractivity contribution in [3.05, 3.63) is 30.1 Å². The molecule has 4 heteroatoms. The summed E-state index contributed by atoms with van der Waals surface area (Å²) in [6.07, 6.45) is 6.73. The Balaban J connectivity index is 2.13. The average Bonchev–Trinajstić information content (AvgIpc) is 2.39. The normalized spacial score (nSPS) is 19.6. The molecule has 96 valence electrons. The van der Waals surface area contributed by atoms with Gasteiger partial charge in [-0.15, -0.1) is 0 Å². The minimum atomic E-state index is -0.00551. The molecule has 0 spiro atoms. The van der Waals surface area contributed by atoms with Gasteiger partial charge in [-0.25, -0.2) is 0 Å². The quantitative estimate of drug-likeness (QED) is 0.820.